The molecule has 1 N–H and O–H groups in total. The lowest BCUT2D eigenvalue weighted by Gasteiger charge is -2.35. The highest BCUT2D eigenvalue weighted by molar-refractivity contribution is 7.92. The van der Waals surface area contributed by atoms with Gasteiger partial charge < -0.3 is 10.2 Å². The largest absolute Gasteiger partial charge is 0.350 e. The van der Waals surface area contributed by atoms with Crippen molar-refractivity contribution in [2.45, 2.75) is 52.2 Å². The Hall–Kier alpha value is -3.72. The van der Waals surface area contributed by atoms with Crippen LogP contribution in [0, 0.1) is 12.7 Å². The van der Waals surface area contributed by atoms with Crippen molar-refractivity contribution in [2.75, 3.05) is 17.1 Å². The first-order valence-electron chi connectivity index (χ1n) is 12.7. The summed E-state index contributed by atoms with van der Waals surface area (Å²) in [7, 11) is -3.87. The maximum atomic E-state index is 14.8. The summed E-state index contributed by atoms with van der Waals surface area (Å²) >= 11 is 0. The third kappa shape index (κ3) is 8.38. The third-order valence-electron chi connectivity index (χ3n) is 6.13. The lowest BCUT2D eigenvalue weighted by molar-refractivity contribution is -0.140. The number of anilines is 1. The van der Waals surface area contributed by atoms with E-state index < -0.39 is 45.8 Å². The highest BCUT2D eigenvalue weighted by atomic mass is 32.2. The van der Waals surface area contributed by atoms with Crippen LogP contribution in [0.4, 0.5) is 10.1 Å². The number of benzene rings is 3. The molecule has 0 aromatic heterocycles. The van der Waals surface area contributed by atoms with Gasteiger partial charge in [0.05, 0.1) is 11.9 Å². The number of nitrogens with one attached hydrogen (secondary N) is 1. The summed E-state index contributed by atoms with van der Waals surface area (Å²) in [6.07, 6.45) is 1.19. The Kier molecular flexibility index (Phi) is 9.50. The maximum absolute atomic E-state index is 14.8. The fraction of sp³-hybridized carbons (Fsp3) is 0.333. The van der Waals surface area contributed by atoms with E-state index in [1.807, 2.05) is 51.1 Å². The molecule has 39 heavy (non-hydrogen) atoms. The van der Waals surface area contributed by atoms with E-state index in [1.165, 1.54) is 11.0 Å². The SMILES string of the molecule is Cc1ccccc1N(CC(=O)N(Cc1ccccc1F)[C@H](Cc1ccccc1)C(=O)NC(C)(C)C)S(C)(=O)=O. The van der Waals surface area contributed by atoms with Gasteiger partial charge in [0.1, 0.15) is 18.4 Å². The van der Waals surface area contributed by atoms with Crippen molar-refractivity contribution in [1.82, 2.24) is 10.2 Å². The zero-order valence-electron chi connectivity index (χ0n) is 23.0. The number of para-hydroxylation sites is 1. The fourth-order valence-corrected chi connectivity index (χ4v) is 5.16. The quantitative estimate of drug-likeness (QED) is 0.402. The van der Waals surface area contributed by atoms with Crippen LogP contribution in [0.5, 0.6) is 0 Å². The molecule has 3 aromatic rings. The predicted molar refractivity (Wildman–Crippen MR) is 152 cm³/mol. The number of amides is 2. The first-order valence-corrected chi connectivity index (χ1v) is 14.5. The molecule has 9 heteroatoms. The van der Waals surface area contributed by atoms with Gasteiger partial charge in [0.2, 0.25) is 21.8 Å². The Morgan fingerprint density at radius 3 is 2.10 bits per heavy atom. The van der Waals surface area contributed by atoms with Gasteiger partial charge in [-0.05, 0) is 51.0 Å². The van der Waals surface area contributed by atoms with Gasteiger partial charge in [-0.25, -0.2) is 12.8 Å². The van der Waals surface area contributed by atoms with Crippen LogP contribution in [0.3, 0.4) is 0 Å². The normalized spacial score (nSPS) is 12.5. The Morgan fingerprint density at radius 1 is 0.923 bits per heavy atom. The van der Waals surface area contributed by atoms with E-state index in [0.29, 0.717) is 11.3 Å². The van der Waals surface area contributed by atoms with Crippen LogP contribution in [0.15, 0.2) is 78.9 Å². The number of hydrogen-bond acceptors (Lipinski definition) is 4. The van der Waals surface area contributed by atoms with Gasteiger partial charge in [0.15, 0.2) is 0 Å². The summed E-state index contributed by atoms with van der Waals surface area (Å²) in [5.41, 5.74) is 1.45. The summed E-state index contributed by atoms with van der Waals surface area (Å²) in [4.78, 5) is 29.0. The Balaban J connectivity index is 2.10. The van der Waals surface area contributed by atoms with Crippen LogP contribution < -0.4 is 9.62 Å². The Morgan fingerprint density at radius 2 is 1.51 bits per heavy atom. The molecule has 1 atom stereocenters. The molecule has 3 rings (SSSR count). The van der Waals surface area contributed by atoms with E-state index in [1.54, 1.807) is 49.4 Å². The number of hydrogen-bond donors (Lipinski definition) is 1. The van der Waals surface area contributed by atoms with Gasteiger partial charge in [0, 0.05) is 24.1 Å². The van der Waals surface area contributed by atoms with Crippen LogP contribution in [0.2, 0.25) is 0 Å². The first-order chi connectivity index (χ1) is 18.3. The van der Waals surface area contributed by atoms with Crippen molar-refractivity contribution in [2.24, 2.45) is 0 Å². The van der Waals surface area contributed by atoms with Crippen LogP contribution >= 0.6 is 0 Å². The second-order valence-corrected chi connectivity index (χ2v) is 12.5. The number of rotatable bonds is 10. The standard InChI is InChI=1S/C30H36FN3O4S/c1-22-13-9-12-18-26(22)34(39(5,37)38)21-28(35)33(20-24-16-10-11-17-25(24)31)27(29(36)32-30(2,3)4)19-23-14-7-6-8-15-23/h6-18,27H,19-21H2,1-5H3,(H,32,36)/t27-/m1/s1. The molecule has 0 fully saturated rings. The van der Waals surface area contributed by atoms with Crippen molar-refractivity contribution < 1.29 is 22.4 Å². The minimum absolute atomic E-state index is 0.159. The van der Waals surface area contributed by atoms with E-state index in [0.717, 1.165) is 16.1 Å². The smallest absolute Gasteiger partial charge is 0.244 e. The average molecular weight is 554 g/mol. The highest BCUT2D eigenvalue weighted by Gasteiger charge is 2.34. The molecule has 0 spiro atoms. The minimum Gasteiger partial charge on any atom is -0.350 e. The average Bonchev–Trinajstić information content (AvgIpc) is 2.85. The molecule has 0 heterocycles. The Bertz CT molecular complexity index is 1400. The topological polar surface area (TPSA) is 86.8 Å². The molecule has 0 aliphatic rings. The number of nitrogens with zero attached hydrogens (tertiary/aromatic N) is 2. The van der Waals surface area contributed by atoms with Gasteiger partial charge in [0.25, 0.3) is 0 Å². The number of carbonyl (C=O) groups is 2. The van der Waals surface area contributed by atoms with Gasteiger partial charge in [-0.1, -0.05) is 66.7 Å². The Labute approximate surface area is 230 Å². The van der Waals surface area contributed by atoms with E-state index in [4.69, 9.17) is 0 Å². The molecule has 0 bridgehead atoms. The lowest BCUT2D eigenvalue weighted by Crippen LogP contribution is -2.56. The van der Waals surface area contributed by atoms with Crippen LogP contribution in [-0.4, -0.2) is 49.5 Å². The molecule has 0 unspecified atom stereocenters. The van der Waals surface area contributed by atoms with Crippen molar-refractivity contribution in [3.8, 4) is 0 Å². The number of carbonyl (C=O) groups excluding carboxylic acids is 2. The van der Waals surface area contributed by atoms with Gasteiger partial charge in [-0.2, -0.15) is 0 Å². The molecule has 0 aliphatic carbocycles. The van der Waals surface area contributed by atoms with Crippen molar-refractivity contribution >= 4 is 27.5 Å². The highest BCUT2D eigenvalue weighted by Crippen LogP contribution is 2.24. The molecule has 0 saturated heterocycles. The molecular weight excluding hydrogens is 517 g/mol. The van der Waals surface area contributed by atoms with E-state index in [9.17, 15) is 22.4 Å². The minimum atomic E-state index is -3.87. The number of sulfonamides is 1. The summed E-state index contributed by atoms with van der Waals surface area (Å²) in [5.74, 6) is -1.57. The first kappa shape index (κ1) is 29.8. The van der Waals surface area contributed by atoms with Gasteiger partial charge in [-0.15, -0.1) is 0 Å². The molecular formula is C30H36FN3O4S. The van der Waals surface area contributed by atoms with Crippen LogP contribution in [0.1, 0.15) is 37.5 Å². The molecule has 0 saturated carbocycles. The predicted octanol–water partition coefficient (Wildman–Crippen LogP) is 4.45. The van der Waals surface area contributed by atoms with E-state index in [2.05, 4.69) is 5.32 Å². The summed E-state index contributed by atoms with van der Waals surface area (Å²) in [6, 6.07) is 21.1. The lowest BCUT2D eigenvalue weighted by atomic mass is 10.0. The van der Waals surface area contributed by atoms with Crippen LogP contribution in [0.25, 0.3) is 0 Å². The van der Waals surface area contributed by atoms with Crippen LogP contribution in [-0.2, 0) is 32.6 Å². The zero-order chi connectivity index (χ0) is 28.8. The monoisotopic (exact) mass is 553 g/mol. The van der Waals surface area contributed by atoms with Crippen molar-refractivity contribution in [3.05, 3.63) is 101 Å². The van der Waals surface area contributed by atoms with E-state index in [-0.39, 0.29) is 18.5 Å². The summed E-state index contributed by atoms with van der Waals surface area (Å²) in [6.45, 7) is 6.48. The second kappa shape index (κ2) is 12.4. The number of aryl methyl sites for hydroxylation is 1. The molecule has 3 aromatic carbocycles. The van der Waals surface area contributed by atoms with Crippen molar-refractivity contribution in [1.29, 1.82) is 0 Å². The molecule has 2 amide bonds. The molecule has 208 valence electrons. The van der Waals surface area contributed by atoms with Gasteiger partial charge >= 0.3 is 0 Å². The molecule has 7 nitrogen and oxygen atoms in total. The molecule has 0 aliphatic heterocycles. The number of halogens is 1. The zero-order valence-corrected chi connectivity index (χ0v) is 23.8. The summed E-state index contributed by atoms with van der Waals surface area (Å²) in [5, 5.41) is 2.94. The second-order valence-electron chi connectivity index (χ2n) is 10.6. The maximum Gasteiger partial charge on any atom is 0.244 e. The third-order valence-corrected chi connectivity index (χ3v) is 7.26. The van der Waals surface area contributed by atoms with E-state index >= 15 is 0 Å². The molecule has 0 radical (unpaired) electrons. The summed E-state index contributed by atoms with van der Waals surface area (Å²) < 4.78 is 41.5. The van der Waals surface area contributed by atoms with Crippen molar-refractivity contribution in [3.63, 3.8) is 0 Å². The fourth-order valence-electron chi connectivity index (χ4n) is 4.26. The van der Waals surface area contributed by atoms with Gasteiger partial charge in [-0.3, -0.25) is 13.9 Å².